The Balaban J connectivity index is 1.21. The molecule has 2 N–H and O–H groups in total. The van der Waals surface area contributed by atoms with Crippen LogP contribution in [-0.2, 0) is 17.6 Å². The van der Waals surface area contributed by atoms with Crippen LogP contribution in [0.2, 0.25) is 0 Å². The molecule has 6 nitrogen and oxygen atoms in total. The number of halogens is 1. The Hall–Kier alpha value is -3.48. The third-order valence-electron chi connectivity index (χ3n) is 5.80. The molecule has 1 aliphatic rings. The zero-order valence-electron chi connectivity index (χ0n) is 18.2. The first-order valence-electron chi connectivity index (χ1n) is 11.0. The Labute approximate surface area is 186 Å². The highest BCUT2D eigenvalue weighted by atomic mass is 19.1. The lowest BCUT2D eigenvalue weighted by atomic mass is 10.00. The molecular weight excluding hydrogens is 407 g/mol. The number of hydrogen-bond donors (Lipinski definition) is 2. The molecule has 1 aliphatic heterocycles. The minimum Gasteiger partial charge on any atom is -0.342 e. The maximum Gasteiger partial charge on any atom is 0.253 e. The number of fused-ring (bicyclic) bond motifs is 1. The molecule has 3 aromatic rings. The van der Waals surface area contributed by atoms with Crippen LogP contribution in [0.25, 0.3) is 11.3 Å². The monoisotopic (exact) mass is 434 g/mol. The summed E-state index contributed by atoms with van der Waals surface area (Å²) in [5, 5.41) is 10.2. The fourth-order valence-electron chi connectivity index (χ4n) is 3.94. The standard InChI is InChI=1S/C25H27FN4O2/c1-30(25(32)19-8-12-22-18(15-19)9-13-24(31)27-22)14-4-2-3-5-21-16-23(29-28-21)17-6-10-20(26)11-7-17/h6-8,10-12,15-16H,2-5,9,13-14H2,1H3,(H,27,31)(H,28,29). The second-order valence-electron chi connectivity index (χ2n) is 8.24. The third kappa shape index (κ3) is 5.22. The summed E-state index contributed by atoms with van der Waals surface area (Å²) in [4.78, 5) is 26.0. The number of amides is 2. The van der Waals surface area contributed by atoms with Crippen molar-refractivity contribution in [2.45, 2.75) is 38.5 Å². The molecule has 166 valence electrons. The minimum absolute atomic E-state index is 0.00204. The van der Waals surface area contributed by atoms with E-state index in [-0.39, 0.29) is 17.6 Å². The van der Waals surface area contributed by atoms with Crippen molar-refractivity contribution in [2.75, 3.05) is 18.9 Å². The summed E-state index contributed by atoms with van der Waals surface area (Å²) in [5.74, 6) is -0.231. The van der Waals surface area contributed by atoms with Gasteiger partial charge in [0, 0.05) is 42.5 Å². The number of nitrogens with zero attached hydrogens (tertiary/aromatic N) is 2. The summed E-state index contributed by atoms with van der Waals surface area (Å²) in [5.41, 5.74) is 5.24. The molecule has 7 heteroatoms. The number of benzene rings is 2. The van der Waals surface area contributed by atoms with Crippen LogP contribution in [0.5, 0.6) is 0 Å². The van der Waals surface area contributed by atoms with Crippen molar-refractivity contribution in [2.24, 2.45) is 0 Å². The van der Waals surface area contributed by atoms with Crippen molar-refractivity contribution in [1.29, 1.82) is 0 Å². The number of aromatic amines is 1. The zero-order chi connectivity index (χ0) is 22.5. The Bertz CT molecular complexity index is 1110. The molecule has 2 aromatic carbocycles. The van der Waals surface area contributed by atoms with E-state index < -0.39 is 0 Å². The number of aromatic nitrogens is 2. The number of aryl methyl sites for hydroxylation is 2. The van der Waals surface area contributed by atoms with E-state index in [0.29, 0.717) is 24.9 Å². The van der Waals surface area contributed by atoms with Gasteiger partial charge in [-0.1, -0.05) is 6.42 Å². The van der Waals surface area contributed by atoms with Gasteiger partial charge in [-0.2, -0.15) is 5.10 Å². The molecule has 0 aliphatic carbocycles. The van der Waals surface area contributed by atoms with Crippen molar-refractivity contribution in [1.82, 2.24) is 15.1 Å². The Morgan fingerprint density at radius 3 is 2.69 bits per heavy atom. The first kappa shape index (κ1) is 21.7. The number of anilines is 1. The van der Waals surface area contributed by atoms with E-state index in [1.54, 1.807) is 23.1 Å². The quantitative estimate of drug-likeness (QED) is 0.509. The summed E-state index contributed by atoms with van der Waals surface area (Å²) in [6, 6.07) is 13.8. The fourth-order valence-corrected chi connectivity index (χ4v) is 3.94. The molecule has 0 fully saturated rings. The molecule has 0 atom stereocenters. The van der Waals surface area contributed by atoms with E-state index in [1.807, 2.05) is 25.2 Å². The molecule has 0 saturated carbocycles. The van der Waals surface area contributed by atoms with E-state index in [4.69, 9.17) is 0 Å². The van der Waals surface area contributed by atoms with Gasteiger partial charge in [0.2, 0.25) is 5.91 Å². The maximum atomic E-state index is 13.1. The lowest BCUT2D eigenvalue weighted by Gasteiger charge is -2.20. The predicted molar refractivity (Wildman–Crippen MR) is 122 cm³/mol. The van der Waals surface area contributed by atoms with E-state index in [1.165, 1.54) is 12.1 Å². The van der Waals surface area contributed by atoms with Crippen molar-refractivity contribution in [3.63, 3.8) is 0 Å². The summed E-state index contributed by atoms with van der Waals surface area (Å²) < 4.78 is 13.1. The van der Waals surface area contributed by atoms with E-state index >= 15 is 0 Å². The number of carbonyl (C=O) groups is 2. The topological polar surface area (TPSA) is 78.1 Å². The van der Waals surface area contributed by atoms with Crippen LogP contribution in [0, 0.1) is 5.82 Å². The van der Waals surface area contributed by atoms with Gasteiger partial charge in [-0.15, -0.1) is 0 Å². The van der Waals surface area contributed by atoms with Gasteiger partial charge in [0.1, 0.15) is 5.82 Å². The first-order valence-corrected chi connectivity index (χ1v) is 11.0. The van der Waals surface area contributed by atoms with Crippen molar-refractivity contribution in [3.05, 3.63) is 71.2 Å². The summed E-state index contributed by atoms with van der Waals surface area (Å²) in [7, 11) is 1.83. The van der Waals surface area contributed by atoms with Gasteiger partial charge < -0.3 is 10.2 Å². The normalized spacial score (nSPS) is 12.9. The number of rotatable bonds is 8. The Morgan fingerprint density at radius 1 is 1.06 bits per heavy atom. The molecule has 0 radical (unpaired) electrons. The molecule has 0 spiro atoms. The molecular formula is C25H27FN4O2. The van der Waals surface area contributed by atoms with Crippen LogP contribution in [-0.4, -0.2) is 40.5 Å². The largest absolute Gasteiger partial charge is 0.342 e. The molecule has 4 rings (SSSR count). The van der Waals surface area contributed by atoms with Crippen LogP contribution in [0.3, 0.4) is 0 Å². The summed E-state index contributed by atoms with van der Waals surface area (Å²) in [6.07, 6.45) is 4.92. The molecule has 2 amide bonds. The number of nitrogens with one attached hydrogen (secondary N) is 2. The van der Waals surface area contributed by atoms with Crippen molar-refractivity contribution < 1.29 is 14.0 Å². The van der Waals surface area contributed by atoms with E-state index in [0.717, 1.165) is 53.9 Å². The van der Waals surface area contributed by atoms with Crippen molar-refractivity contribution >= 4 is 17.5 Å². The van der Waals surface area contributed by atoms with Gasteiger partial charge >= 0.3 is 0 Å². The lowest BCUT2D eigenvalue weighted by molar-refractivity contribution is -0.116. The van der Waals surface area contributed by atoms with Gasteiger partial charge in [0.05, 0.1) is 5.69 Å². The van der Waals surface area contributed by atoms with Gasteiger partial charge in [-0.3, -0.25) is 14.7 Å². The van der Waals surface area contributed by atoms with Crippen LogP contribution < -0.4 is 5.32 Å². The number of H-pyrrole nitrogens is 1. The molecule has 0 bridgehead atoms. The molecule has 2 heterocycles. The van der Waals surface area contributed by atoms with Gasteiger partial charge in [-0.25, -0.2) is 4.39 Å². The first-order chi connectivity index (χ1) is 15.5. The second kappa shape index (κ2) is 9.77. The molecule has 0 saturated heterocycles. The SMILES string of the molecule is CN(CCCCCc1cc(-c2ccc(F)cc2)n[nH]1)C(=O)c1ccc2c(c1)CCC(=O)N2. The van der Waals surface area contributed by atoms with Gasteiger partial charge in [-0.05, 0) is 79.8 Å². The van der Waals surface area contributed by atoms with Crippen LogP contribution in [0.15, 0.2) is 48.5 Å². The summed E-state index contributed by atoms with van der Waals surface area (Å²) >= 11 is 0. The van der Waals surface area contributed by atoms with Crippen LogP contribution in [0.4, 0.5) is 10.1 Å². The fraction of sp³-hybridized carbons (Fsp3) is 0.320. The predicted octanol–water partition coefficient (Wildman–Crippen LogP) is 4.59. The maximum absolute atomic E-state index is 13.1. The molecule has 32 heavy (non-hydrogen) atoms. The van der Waals surface area contributed by atoms with Crippen LogP contribution in [0.1, 0.15) is 47.3 Å². The zero-order valence-corrected chi connectivity index (χ0v) is 18.2. The third-order valence-corrected chi connectivity index (χ3v) is 5.80. The smallest absolute Gasteiger partial charge is 0.253 e. The van der Waals surface area contributed by atoms with Crippen molar-refractivity contribution in [3.8, 4) is 11.3 Å². The lowest BCUT2D eigenvalue weighted by Crippen LogP contribution is -2.28. The molecule has 0 unspecified atom stereocenters. The molecule has 1 aromatic heterocycles. The highest BCUT2D eigenvalue weighted by Crippen LogP contribution is 2.24. The highest BCUT2D eigenvalue weighted by molar-refractivity contribution is 5.97. The second-order valence-corrected chi connectivity index (χ2v) is 8.24. The van der Waals surface area contributed by atoms with Crippen LogP contribution >= 0.6 is 0 Å². The van der Waals surface area contributed by atoms with E-state index in [9.17, 15) is 14.0 Å². The van der Waals surface area contributed by atoms with Gasteiger partial charge in [0.25, 0.3) is 5.91 Å². The average Bonchev–Trinajstić information content (AvgIpc) is 3.27. The number of carbonyl (C=O) groups excluding carboxylic acids is 2. The number of unbranched alkanes of at least 4 members (excludes halogenated alkanes) is 2. The minimum atomic E-state index is -0.256. The average molecular weight is 435 g/mol. The van der Waals surface area contributed by atoms with Gasteiger partial charge in [0.15, 0.2) is 0 Å². The Morgan fingerprint density at radius 2 is 1.88 bits per heavy atom. The summed E-state index contributed by atoms with van der Waals surface area (Å²) in [6.45, 7) is 0.691. The highest BCUT2D eigenvalue weighted by Gasteiger charge is 2.18. The Kier molecular flexibility index (Phi) is 6.63. The number of hydrogen-bond acceptors (Lipinski definition) is 3. The van der Waals surface area contributed by atoms with E-state index in [2.05, 4.69) is 15.5 Å².